The second-order valence-corrected chi connectivity index (χ2v) is 4.90. The molecule has 1 rings (SSSR count). The first-order valence-corrected chi connectivity index (χ1v) is 5.92. The summed E-state index contributed by atoms with van der Waals surface area (Å²) in [6.07, 6.45) is -5.77. The van der Waals surface area contributed by atoms with Crippen molar-refractivity contribution < 1.29 is 26.7 Å². The van der Waals surface area contributed by atoms with Crippen LogP contribution in [0.4, 0.5) is 22.0 Å². The average molecular weight is 369 g/mol. The Morgan fingerprint density at radius 3 is 2.21 bits per heavy atom. The lowest BCUT2D eigenvalue weighted by molar-refractivity contribution is -0.291. The smallest absolute Gasteiger partial charge is 0.455 e. The molecule has 108 valence electrons. The van der Waals surface area contributed by atoms with Gasteiger partial charge in [0.15, 0.2) is 0 Å². The van der Waals surface area contributed by atoms with Crippen LogP contribution in [0.2, 0.25) is 5.02 Å². The number of hydrogen-bond acceptors (Lipinski definition) is 2. The molecule has 0 saturated heterocycles. The molecule has 1 aromatic rings. The quantitative estimate of drug-likeness (QED) is 0.807. The Kier molecular flexibility index (Phi) is 4.69. The van der Waals surface area contributed by atoms with Crippen molar-refractivity contribution in [2.45, 2.75) is 18.1 Å². The highest BCUT2D eigenvalue weighted by atomic mass is 79.9. The van der Waals surface area contributed by atoms with Gasteiger partial charge in [-0.2, -0.15) is 22.0 Å². The molecule has 0 spiro atoms. The van der Waals surface area contributed by atoms with E-state index in [9.17, 15) is 22.0 Å². The van der Waals surface area contributed by atoms with Crippen LogP contribution in [-0.2, 0) is 0 Å². The van der Waals surface area contributed by atoms with Gasteiger partial charge in [0.05, 0.1) is 11.6 Å². The maximum absolute atomic E-state index is 13.2. The van der Waals surface area contributed by atoms with Crippen LogP contribution in [0.1, 0.15) is 11.6 Å². The van der Waals surface area contributed by atoms with Crippen LogP contribution in [0, 0.1) is 0 Å². The van der Waals surface area contributed by atoms with Crippen molar-refractivity contribution in [3.05, 3.63) is 27.2 Å². The van der Waals surface area contributed by atoms with Gasteiger partial charge in [0.25, 0.3) is 0 Å². The van der Waals surface area contributed by atoms with Crippen LogP contribution in [0.15, 0.2) is 16.6 Å². The molecule has 1 unspecified atom stereocenters. The highest BCUT2D eigenvalue weighted by Crippen LogP contribution is 2.47. The summed E-state index contributed by atoms with van der Waals surface area (Å²) in [5.41, 5.74) is 4.51. The molecule has 0 fully saturated rings. The summed E-state index contributed by atoms with van der Waals surface area (Å²) in [5.74, 6) is -5.33. The van der Waals surface area contributed by atoms with Crippen LogP contribution in [0.25, 0.3) is 0 Å². The fraction of sp³-hybridized carbons (Fsp3) is 0.400. The maximum atomic E-state index is 13.2. The van der Waals surface area contributed by atoms with Crippen molar-refractivity contribution in [3.63, 3.8) is 0 Å². The molecule has 2 N–H and O–H groups in total. The molecule has 2 nitrogen and oxygen atoms in total. The first-order chi connectivity index (χ1) is 8.52. The monoisotopic (exact) mass is 367 g/mol. The summed E-state index contributed by atoms with van der Waals surface area (Å²) in [6, 6.07) is -0.421. The summed E-state index contributed by atoms with van der Waals surface area (Å²) >= 11 is 8.57. The average Bonchev–Trinajstić information content (AvgIpc) is 2.25. The van der Waals surface area contributed by atoms with Crippen LogP contribution in [0.5, 0.6) is 5.75 Å². The number of benzene rings is 1. The minimum Gasteiger partial charge on any atom is -0.495 e. The summed E-state index contributed by atoms with van der Waals surface area (Å²) in [6.45, 7) is 0. The maximum Gasteiger partial charge on any atom is 0.455 e. The van der Waals surface area contributed by atoms with Crippen molar-refractivity contribution in [1.82, 2.24) is 0 Å². The lowest BCUT2D eigenvalue weighted by Gasteiger charge is -2.27. The summed E-state index contributed by atoms with van der Waals surface area (Å²) in [7, 11) is 1.12. The number of ether oxygens (including phenoxy) is 1. The number of nitrogens with two attached hydrogens (primary N) is 1. The van der Waals surface area contributed by atoms with E-state index in [1.54, 1.807) is 0 Å². The van der Waals surface area contributed by atoms with Gasteiger partial charge in [-0.1, -0.05) is 11.6 Å². The third-order valence-electron chi connectivity index (χ3n) is 2.34. The zero-order valence-electron chi connectivity index (χ0n) is 9.36. The fourth-order valence-electron chi connectivity index (χ4n) is 1.40. The SMILES string of the molecule is COc1c(Br)cc(Cl)cc1C(N)C(F)(F)C(F)(F)F. The van der Waals surface area contributed by atoms with Gasteiger partial charge in [-0.15, -0.1) is 0 Å². The van der Waals surface area contributed by atoms with E-state index >= 15 is 0 Å². The Hall–Kier alpha value is -0.600. The summed E-state index contributed by atoms with van der Waals surface area (Å²) in [5, 5.41) is -0.0453. The van der Waals surface area contributed by atoms with Crippen molar-refractivity contribution >= 4 is 27.5 Å². The molecular weight excluding hydrogens is 360 g/mol. The van der Waals surface area contributed by atoms with Crippen molar-refractivity contribution in [3.8, 4) is 5.75 Å². The molecule has 0 aliphatic carbocycles. The Balaban J connectivity index is 3.38. The molecule has 1 atom stereocenters. The van der Waals surface area contributed by atoms with E-state index in [-0.39, 0.29) is 15.2 Å². The number of halogens is 7. The summed E-state index contributed by atoms with van der Waals surface area (Å²) in [4.78, 5) is 0. The Morgan fingerprint density at radius 1 is 1.26 bits per heavy atom. The van der Waals surface area contributed by atoms with Gasteiger partial charge in [0, 0.05) is 10.6 Å². The van der Waals surface area contributed by atoms with Crippen LogP contribution < -0.4 is 10.5 Å². The minimum absolute atomic E-state index is 0.0453. The second-order valence-electron chi connectivity index (χ2n) is 3.61. The number of alkyl halides is 5. The zero-order chi connectivity index (χ0) is 15.0. The van der Waals surface area contributed by atoms with Gasteiger partial charge in [-0.05, 0) is 28.1 Å². The first-order valence-electron chi connectivity index (χ1n) is 4.75. The third kappa shape index (κ3) is 3.11. The predicted octanol–water partition coefficient (Wildman–Crippen LogP) is 4.31. The van der Waals surface area contributed by atoms with Crippen LogP contribution >= 0.6 is 27.5 Å². The van der Waals surface area contributed by atoms with Gasteiger partial charge in [-0.3, -0.25) is 0 Å². The molecule has 0 saturated carbocycles. The fourth-order valence-corrected chi connectivity index (χ4v) is 2.39. The molecule has 0 amide bonds. The molecule has 0 aromatic heterocycles. The standard InChI is InChI=1S/C10H8BrClF5NO/c1-19-7-5(2-4(12)3-6(7)11)8(18)9(13,14)10(15,16)17/h2-3,8H,18H2,1H3. The van der Waals surface area contributed by atoms with Gasteiger partial charge in [0.1, 0.15) is 11.8 Å². The van der Waals surface area contributed by atoms with Gasteiger partial charge < -0.3 is 10.5 Å². The Morgan fingerprint density at radius 2 is 1.79 bits per heavy atom. The van der Waals surface area contributed by atoms with Gasteiger partial charge in [0.2, 0.25) is 0 Å². The lowest BCUT2D eigenvalue weighted by atomic mass is 10.00. The van der Waals surface area contributed by atoms with Crippen LogP contribution in [0.3, 0.4) is 0 Å². The molecule has 0 aliphatic heterocycles. The molecule has 0 aliphatic rings. The highest BCUT2D eigenvalue weighted by Gasteiger charge is 2.62. The van der Waals surface area contributed by atoms with Crippen molar-refractivity contribution in [2.75, 3.05) is 7.11 Å². The van der Waals surface area contributed by atoms with Crippen molar-refractivity contribution in [2.24, 2.45) is 5.73 Å². The van der Waals surface area contributed by atoms with Gasteiger partial charge in [-0.25, -0.2) is 0 Å². The Labute approximate surface area is 118 Å². The van der Waals surface area contributed by atoms with Gasteiger partial charge >= 0.3 is 12.1 Å². The van der Waals surface area contributed by atoms with E-state index in [1.807, 2.05) is 0 Å². The molecule has 0 heterocycles. The normalized spacial score (nSPS) is 14.4. The van der Waals surface area contributed by atoms with E-state index in [0.717, 1.165) is 13.2 Å². The number of hydrogen-bond donors (Lipinski definition) is 1. The molecule has 1 aromatic carbocycles. The van der Waals surface area contributed by atoms with E-state index in [0.29, 0.717) is 0 Å². The first kappa shape index (κ1) is 16.5. The number of rotatable bonds is 3. The van der Waals surface area contributed by atoms with Crippen LogP contribution in [-0.4, -0.2) is 19.2 Å². The molecule has 0 radical (unpaired) electrons. The third-order valence-corrected chi connectivity index (χ3v) is 3.15. The minimum atomic E-state index is -5.77. The van der Waals surface area contributed by atoms with E-state index in [4.69, 9.17) is 22.1 Å². The predicted molar refractivity (Wildman–Crippen MR) is 63.6 cm³/mol. The number of methoxy groups -OCH3 is 1. The molecule has 19 heavy (non-hydrogen) atoms. The Bertz CT molecular complexity index is 480. The highest BCUT2D eigenvalue weighted by molar-refractivity contribution is 9.10. The van der Waals surface area contributed by atoms with E-state index in [1.165, 1.54) is 6.07 Å². The lowest BCUT2D eigenvalue weighted by Crippen LogP contribution is -2.46. The van der Waals surface area contributed by atoms with E-state index < -0.39 is 23.7 Å². The topological polar surface area (TPSA) is 35.2 Å². The molecule has 9 heteroatoms. The molecular formula is C10H8BrClF5NO. The summed E-state index contributed by atoms with van der Waals surface area (Å²) < 4.78 is 68.2. The molecule has 0 bridgehead atoms. The second kappa shape index (κ2) is 5.41. The zero-order valence-corrected chi connectivity index (χ0v) is 11.7. The largest absolute Gasteiger partial charge is 0.495 e. The van der Waals surface area contributed by atoms with E-state index in [2.05, 4.69) is 15.9 Å². The van der Waals surface area contributed by atoms with Crippen molar-refractivity contribution in [1.29, 1.82) is 0 Å².